The highest BCUT2D eigenvalue weighted by Crippen LogP contribution is 2.26. The lowest BCUT2D eigenvalue weighted by Crippen LogP contribution is -2.49. The van der Waals surface area contributed by atoms with Gasteiger partial charge in [-0.1, -0.05) is 6.92 Å². The Morgan fingerprint density at radius 3 is 2.94 bits per heavy atom. The van der Waals surface area contributed by atoms with E-state index in [0.717, 1.165) is 31.8 Å². The summed E-state index contributed by atoms with van der Waals surface area (Å²) in [6, 6.07) is 7.07. The molecule has 0 spiro atoms. The first-order chi connectivity index (χ1) is 8.24. The first-order valence-electron chi connectivity index (χ1n) is 6.39. The maximum atomic E-state index is 5.37. The summed E-state index contributed by atoms with van der Waals surface area (Å²) in [6.07, 6.45) is 1.01. The number of aryl methyl sites for hydroxylation is 1. The molecule has 0 amide bonds. The largest absolute Gasteiger partial charge is 0.496 e. The van der Waals surface area contributed by atoms with Gasteiger partial charge in [-0.25, -0.2) is 0 Å². The fourth-order valence-corrected chi connectivity index (χ4v) is 2.40. The van der Waals surface area contributed by atoms with Gasteiger partial charge in [-0.2, -0.15) is 0 Å². The lowest BCUT2D eigenvalue weighted by atomic mass is 10.1. The van der Waals surface area contributed by atoms with E-state index in [1.807, 2.05) is 0 Å². The van der Waals surface area contributed by atoms with E-state index in [0.29, 0.717) is 6.04 Å². The summed E-state index contributed by atoms with van der Waals surface area (Å²) in [4.78, 5) is 2.44. The van der Waals surface area contributed by atoms with Crippen molar-refractivity contribution in [3.05, 3.63) is 23.8 Å². The normalized spacial score (nSPS) is 20.4. The molecule has 1 aliphatic rings. The van der Waals surface area contributed by atoms with Crippen molar-refractivity contribution in [2.45, 2.75) is 26.3 Å². The molecule has 0 radical (unpaired) electrons. The molecular weight excluding hydrogens is 212 g/mol. The second-order valence-electron chi connectivity index (χ2n) is 4.65. The second kappa shape index (κ2) is 5.41. The zero-order valence-corrected chi connectivity index (χ0v) is 11.0. The van der Waals surface area contributed by atoms with E-state index in [9.17, 15) is 0 Å². The number of hydrogen-bond acceptors (Lipinski definition) is 3. The Morgan fingerprint density at radius 1 is 1.47 bits per heavy atom. The molecule has 3 nitrogen and oxygen atoms in total. The maximum Gasteiger partial charge on any atom is 0.122 e. The summed E-state index contributed by atoms with van der Waals surface area (Å²) in [6.45, 7) is 7.63. The third kappa shape index (κ3) is 2.72. The monoisotopic (exact) mass is 234 g/mol. The standard InChI is InChI=1S/C14H22N2O/c1-4-12-9-13(5-6-14(12)17-3)16-8-7-15-11(2)10-16/h5-6,9,11,15H,4,7-8,10H2,1-3H3/t11-/m1/s1. The molecule has 1 heterocycles. The molecule has 0 aliphatic carbocycles. The average molecular weight is 234 g/mol. The number of anilines is 1. The Bertz CT molecular complexity index is 378. The first-order valence-corrected chi connectivity index (χ1v) is 6.39. The second-order valence-corrected chi connectivity index (χ2v) is 4.65. The van der Waals surface area contributed by atoms with Crippen molar-refractivity contribution >= 4 is 5.69 Å². The molecule has 0 saturated carbocycles. The Labute approximate surface area is 104 Å². The van der Waals surface area contributed by atoms with Crippen LogP contribution in [0.5, 0.6) is 5.75 Å². The minimum Gasteiger partial charge on any atom is -0.496 e. The van der Waals surface area contributed by atoms with Crippen molar-refractivity contribution in [2.24, 2.45) is 0 Å². The fraction of sp³-hybridized carbons (Fsp3) is 0.571. The van der Waals surface area contributed by atoms with Crippen molar-refractivity contribution < 1.29 is 4.74 Å². The lowest BCUT2D eigenvalue weighted by Gasteiger charge is -2.34. The summed E-state index contributed by atoms with van der Waals surface area (Å²) in [5.74, 6) is 0.999. The third-order valence-corrected chi connectivity index (χ3v) is 3.38. The molecule has 17 heavy (non-hydrogen) atoms. The number of methoxy groups -OCH3 is 1. The number of rotatable bonds is 3. The van der Waals surface area contributed by atoms with Crippen molar-refractivity contribution in [1.82, 2.24) is 5.32 Å². The van der Waals surface area contributed by atoms with Crippen LogP contribution in [0.25, 0.3) is 0 Å². The van der Waals surface area contributed by atoms with Gasteiger partial charge >= 0.3 is 0 Å². The van der Waals surface area contributed by atoms with Crippen LogP contribution < -0.4 is 15.0 Å². The number of ether oxygens (including phenoxy) is 1. The smallest absolute Gasteiger partial charge is 0.122 e. The summed E-state index contributed by atoms with van der Waals surface area (Å²) in [7, 11) is 1.74. The van der Waals surface area contributed by atoms with Gasteiger partial charge in [0, 0.05) is 31.4 Å². The topological polar surface area (TPSA) is 24.5 Å². The molecule has 0 unspecified atom stereocenters. The Kier molecular flexibility index (Phi) is 3.89. The highest BCUT2D eigenvalue weighted by molar-refractivity contribution is 5.53. The van der Waals surface area contributed by atoms with E-state index in [4.69, 9.17) is 4.74 Å². The van der Waals surface area contributed by atoms with Crippen LogP contribution in [0.15, 0.2) is 18.2 Å². The predicted molar refractivity (Wildman–Crippen MR) is 72.0 cm³/mol. The zero-order valence-electron chi connectivity index (χ0n) is 11.0. The van der Waals surface area contributed by atoms with E-state index < -0.39 is 0 Å². The number of hydrogen-bond donors (Lipinski definition) is 1. The zero-order chi connectivity index (χ0) is 12.3. The van der Waals surface area contributed by atoms with Crippen LogP contribution in [0.4, 0.5) is 5.69 Å². The van der Waals surface area contributed by atoms with Gasteiger partial charge in [0.15, 0.2) is 0 Å². The van der Waals surface area contributed by atoms with Crippen molar-refractivity contribution in [3.63, 3.8) is 0 Å². The summed E-state index contributed by atoms with van der Waals surface area (Å²) < 4.78 is 5.37. The molecule has 1 saturated heterocycles. The van der Waals surface area contributed by atoms with E-state index in [-0.39, 0.29) is 0 Å². The molecule has 2 rings (SSSR count). The Morgan fingerprint density at radius 2 is 2.29 bits per heavy atom. The van der Waals surface area contributed by atoms with Crippen molar-refractivity contribution in [2.75, 3.05) is 31.6 Å². The van der Waals surface area contributed by atoms with Crippen molar-refractivity contribution in [1.29, 1.82) is 0 Å². The number of nitrogens with zero attached hydrogens (tertiary/aromatic N) is 1. The van der Waals surface area contributed by atoms with Crippen LogP contribution in [0.3, 0.4) is 0 Å². The fourth-order valence-electron chi connectivity index (χ4n) is 2.40. The number of nitrogens with one attached hydrogen (secondary N) is 1. The molecule has 1 aromatic rings. The summed E-state index contributed by atoms with van der Waals surface area (Å²) in [5.41, 5.74) is 2.60. The quantitative estimate of drug-likeness (QED) is 0.866. The molecule has 1 aliphatic heterocycles. The minimum absolute atomic E-state index is 0.566. The molecule has 1 aromatic carbocycles. The predicted octanol–water partition coefficient (Wildman–Crippen LogP) is 2.06. The first kappa shape index (κ1) is 12.2. The summed E-state index contributed by atoms with van der Waals surface area (Å²) >= 11 is 0. The number of piperazine rings is 1. The van der Waals surface area contributed by atoms with Crippen LogP contribution in [-0.2, 0) is 6.42 Å². The van der Waals surface area contributed by atoms with Gasteiger partial charge in [0.25, 0.3) is 0 Å². The van der Waals surface area contributed by atoms with Gasteiger partial charge in [0.05, 0.1) is 7.11 Å². The van der Waals surface area contributed by atoms with Crippen LogP contribution in [0.1, 0.15) is 19.4 Å². The van der Waals surface area contributed by atoms with E-state index >= 15 is 0 Å². The van der Waals surface area contributed by atoms with E-state index in [2.05, 4.69) is 42.3 Å². The summed E-state index contributed by atoms with van der Waals surface area (Å²) in [5, 5.41) is 3.47. The molecule has 1 fully saturated rings. The highest BCUT2D eigenvalue weighted by atomic mass is 16.5. The van der Waals surface area contributed by atoms with Crippen molar-refractivity contribution in [3.8, 4) is 5.75 Å². The highest BCUT2D eigenvalue weighted by Gasteiger charge is 2.16. The van der Waals surface area contributed by atoms with Gasteiger partial charge in [0.2, 0.25) is 0 Å². The molecule has 94 valence electrons. The SMILES string of the molecule is CCc1cc(N2CCN[C@H](C)C2)ccc1OC. The van der Waals surface area contributed by atoms with Gasteiger partial charge in [-0.05, 0) is 37.1 Å². The maximum absolute atomic E-state index is 5.37. The van der Waals surface area contributed by atoms with Crippen LogP contribution in [0, 0.1) is 0 Å². The minimum atomic E-state index is 0.566. The van der Waals surface area contributed by atoms with Crippen LogP contribution >= 0.6 is 0 Å². The average Bonchev–Trinajstić information content (AvgIpc) is 2.38. The molecule has 0 aromatic heterocycles. The van der Waals surface area contributed by atoms with Crippen LogP contribution in [0.2, 0.25) is 0 Å². The van der Waals surface area contributed by atoms with Crippen LogP contribution in [-0.4, -0.2) is 32.8 Å². The Hall–Kier alpha value is -1.22. The molecule has 1 N–H and O–H groups in total. The molecule has 1 atom stereocenters. The molecular formula is C14H22N2O. The van der Waals surface area contributed by atoms with E-state index in [1.54, 1.807) is 7.11 Å². The molecule has 0 bridgehead atoms. The van der Waals surface area contributed by atoms with Gasteiger partial charge in [-0.3, -0.25) is 0 Å². The van der Waals surface area contributed by atoms with Gasteiger partial charge in [0.1, 0.15) is 5.75 Å². The Balaban J connectivity index is 2.20. The molecule has 3 heteroatoms. The number of benzene rings is 1. The third-order valence-electron chi connectivity index (χ3n) is 3.38. The van der Waals surface area contributed by atoms with E-state index in [1.165, 1.54) is 11.3 Å². The van der Waals surface area contributed by atoms with Gasteiger partial charge < -0.3 is 15.0 Å². The van der Waals surface area contributed by atoms with Gasteiger partial charge in [-0.15, -0.1) is 0 Å². The lowest BCUT2D eigenvalue weighted by molar-refractivity contribution is 0.410.